The van der Waals surface area contributed by atoms with E-state index in [1.807, 2.05) is 0 Å². The molecule has 0 atom stereocenters. The number of fused-ring (bicyclic) bond motifs is 1. The van der Waals surface area contributed by atoms with Crippen LogP contribution in [-0.4, -0.2) is 20.8 Å². The Labute approximate surface area is 169 Å². The van der Waals surface area contributed by atoms with E-state index in [2.05, 4.69) is 15.3 Å². The Morgan fingerprint density at radius 1 is 1.21 bits per heavy atom. The molecule has 0 radical (unpaired) electrons. The molecule has 1 amide bonds. The number of carbonyl (C=O) groups is 1. The number of halogens is 1. The molecule has 2 aromatic heterocycles. The number of nitro groups is 1. The number of nitro benzene ring substituents is 1. The summed E-state index contributed by atoms with van der Waals surface area (Å²) in [6.45, 7) is 1.61. The van der Waals surface area contributed by atoms with Crippen LogP contribution < -0.4 is 5.32 Å². The smallest absolute Gasteiger partial charge is 0.273 e. The summed E-state index contributed by atoms with van der Waals surface area (Å²) in [4.78, 5) is 31.6. The lowest BCUT2D eigenvalue weighted by atomic mass is 10.1. The van der Waals surface area contributed by atoms with Crippen LogP contribution in [0, 0.1) is 17.0 Å². The molecule has 8 nitrogen and oxygen atoms in total. The van der Waals surface area contributed by atoms with E-state index in [4.69, 9.17) is 16.0 Å². The fourth-order valence-corrected chi connectivity index (χ4v) is 2.95. The van der Waals surface area contributed by atoms with Crippen molar-refractivity contribution >= 4 is 40.1 Å². The first kappa shape index (κ1) is 18.6. The molecule has 0 spiro atoms. The van der Waals surface area contributed by atoms with Gasteiger partial charge >= 0.3 is 0 Å². The van der Waals surface area contributed by atoms with Crippen LogP contribution in [0.25, 0.3) is 22.7 Å². The van der Waals surface area contributed by atoms with Crippen LogP contribution in [0.4, 0.5) is 11.4 Å². The molecule has 2 heterocycles. The van der Waals surface area contributed by atoms with E-state index in [1.54, 1.807) is 43.5 Å². The van der Waals surface area contributed by atoms with Crippen molar-refractivity contribution in [2.45, 2.75) is 6.92 Å². The van der Waals surface area contributed by atoms with Crippen LogP contribution >= 0.6 is 11.6 Å². The van der Waals surface area contributed by atoms with Gasteiger partial charge in [0.1, 0.15) is 0 Å². The molecule has 2 aromatic carbocycles. The van der Waals surface area contributed by atoms with E-state index in [-0.39, 0.29) is 11.3 Å². The Bertz CT molecular complexity index is 1240. The second-order valence-corrected chi connectivity index (χ2v) is 6.66. The summed E-state index contributed by atoms with van der Waals surface area (Å²) in [6, 6.07) is 12.7. The molecule has 0 saturated heterocycles. The highest BCUT2D eigenvalue weighted by Crippen LogP contribution is 2.30. The Balaban J connectivity index is 1.65. The number of carbonyl (C=O) groups excluding carboxylic acids is 1. The van der Waals surface area contributed by atoms with Gasteiger partial charge in [-0.2, -0.15) is 4.98 Å². The fourth-order valence-electron chi connectivity index (χ4n) is 2.79. The first-order chi connectivity index (χ1) is 13.9. The van der Waals surface area contributed by atoms with Gasteiger partial charge < -0.3 is 9.73 Å². The van der Waals surface area contributed by atoms with E-state index in [1.165, 1.54) is 18.2 Å². The maximum absolute atomic E-state index is 12.6. The molecule has 0 aliphatic carbocycles. The van der Waals surface area contributed by atoms with Crippen molar-refractivity contribution < 1.29 is 14.1 Å². The predicted molar refractivity (Wildman–Crippen MR) is 108 cm³/mol. The number of aromatic nitrogens is 2. The molecule has 4 aromatic rings. The summed E-state index contributed by atoms with van der Waals surface area (Å²) in [5.74, 6) is -0.191. The molecule has 29 heavy (non-hydrogen) atoms. The number of aryl methyl sites for hydroxylation is 1. The first-order valence-electron chi connectivity index (χ1n) is 8.50. The quantitative estimate of drug-likeness (QED) is 0.375. The van der Waals surface area contributed by atoms with E-state index in [0.29, 0.717) is 39.0 Å². The van der Waals surface area contributed by atoms with Crippen LogP contribution in [-0.2, 0) is 0 Å². The van der Waals surface area contributed by atoms with Gasteiger partial charge in [-0.1, -0.05) is 17.7 Å². The van der Waals surface area contributed by atoms with Gasteiger partial charge in [-0.05, 0) is 43.3 Å². The van der Waals surface area contributed by atoms with Gasteiger partial charge in [0, 0.05) is 29.0 Å². The maximum atomic E-state index is 12.6. The van der Waals surface area contributed by atoms with E-state index in [0.717, 1.165) is 0 Å². The Morgan fingerprint density at radius 3 is 2.79 bits per heavy atom. The minimum atomic E-state index is -0.527. The van der Waals surface area contributed by atoms with Crippen molar-refractivity contribution in [3.8, 4) is 11.5 Å². The zero-order valence-corrected chi connectivity index (χ0v) is 15.8. The molecule has 0 unspecified atom stereocenters. The van der Waals surface area contributed by atoms with Crippen LogP contribution in [0.15, 0.2) is 59.1 Å². The largest absolute Gasteiger partial charge is 0.434 e. The lowest BCUT2D eigenvalue weighted by Crippen LogP contribution is -2.12. The van der Waals surface area contributed by atoms with Crippen molar-refractivity contribution in [3.63, 3.8) is 0 Å². The van der Waals surface area contributed by atoms with E-state index < -0.39 is 10.8 Å². The molecule has 0 fully saturated rings. The molecule has 144 valence electrons. The second kappa shape index (κ2) is 7.33. The fraction of sp³-hybridized carbons (Fsp3) is 0.0500. The highest BCUT2D eigenvalue weighted by molar-refractivity contribution is 6.34. The van der Waals surface area contributed by atoms with Gasteiger partial charge in [0.2, 0.25) is 5.89 Å². The molecule has 1 N–H and O–H groups in total. The maximum Gasteiger partial charge on any atom is 0.273 e. The van der Waals surface area contributed by atoms with E-state index >= 15 is 0 Å². The molecule has 0 aliphatic rings. The Hall–Kier alpha value is -3.78. The zero-order valence-electron chi connectivity index (χ0n) is 15.0. The number of pyridine rings is 1. The lowest BCUT2D eigenvalue weighted by molar-refractivity contribution is -0.385. The third-order valence-corrected chi connectivity index (χ3v) is 4.62. The van der Waals surface area contributed by atoms with Crippen LogP contribution in [0.3, 0.4) is 0 Å². The molecule has 4 rings (SSSR count). The first-order valence-corrected chi connectivity index (χ1v) is 8.88. The molecular weight excluding hydrogens is 396 g/mol. The molecule has 0 saturated carbocycles. The van der Waals surface area contributed by atoms with Gasteiger partial charge in [-0.3, -0.25) is 14.9 Å². The van der Waals surface area contributed by atoms with Gasteiger partial charge in [-0.15, -0.1) is 0 Å². The number of benzene rings is 2. The Kier molecular flexibility index (Phi) is 4.69. The van der Waals surface area contributed by atoms with Crippen molar-refractivity contribution in [1.29, 1.82) is 0 Å². The van der Waals surface area contributed by atoms with Gasteiger partial charge in [0.05, 0.1) is 15.6 Å². The topological polar surface area (TPSA) is 111 Å². The average Bonchev–Trinajstić information content (AvgIpc) is 3.14. The summed E-state index contributed by atoms with van der Waals surface area (Å²) in [5, 5.41) is 14.1. The van der Waals surface area contributed by atoms with Crippen LogP contribution in [0.1, 0.15) is 15.9 Å². The number of anilines is 1. The standard InChI is InChI=1S/C20H13ClN4O4/c1-11-4-5-12(10-16(11)25(27)28)19(26)23-15-9-13(6-7-14(15)21)20-24-18-17(29-20)3-2-8-22-18/h2-10H,1H3,(H,23,26). The highest BCUT2D eigenvalue weighted by atomic mass is 35.5. The molecule has 0 bridgehead atoms. The number of nitrogens with one attached hydrogen (secondary N) is 1. The van der Waals surface area contributed by atoms with Crippen LogP contribution in [0.5, 0.6) is 0 Å². The lowest BCUT2D eigenvalue weighted by Gasteiger charge is -2.09. The third-order valence-electron chi connectivity index (χ3n) is 4.29. The molecular formula is C20H13ClN4O4. The summed E-state index contributed by atoms with van der Waals surface area (Å²) in [6.07, 6.45) is 1.61. The van der Waals surface area contributed by atoms with Crippen LogP contribution in [0.2, 0.25) is 5.02 Å². The summed E-state index contributed by atoms with van der Waals surface area (Å²) < 4.78 is 5.69. The Morgan fingerprint density at radius 2 is 2.03 bits per heavy atom. The molecule has 0 aliphatic heterocycles. The average molecular weight is 409 g/mol. The minimum Gasteiger partial charge on any atom is -0.434 e. The predicted octanol–water partition coefficient (Wildman–Crippen LogP) is 5.01. The van der Waals surface area contributed by atoms with Crippen molar-refractivity contribution in [2.24, 2.45) is 0 Å². The van der Waals surface area contributed by atoms with Gasteiger partial charge in [0.25, 0.3) is 11.6 Å². The number of rotatable bonds is 4. The summed E-state index contributed by atoms with van der Waals surface area (Å²) in [5.41, 5.74) is 2.41. The van der Waals surface area contributed by atoms with Crippen molar-refractivity contribution in [2.75, 3.05) is 5.32 Å². The van der Waals surface area contributed by atoms with Gasteiger partial charge in [-0.25, -0.2) is 4.98 Å². The third kappa shape index (κ3) is 3.65. The molecule has 9 heteroatoms. The monoisotopic (exact) mass is 408 g/mol. The number of amides is 1. The zero-order chi connectivity index (χ0) is 20.5. The number of hydrogen-bond donors (Lipinski definition) is 1. The highest BCUT2D eigenvalue weighted by Gasteiger charge is 2.17. The number of nitrogens with zero attached hydrogens (tertiary/aromatic N) is 3. The van der Waals surface area contributed by atoms with E-state index in [9.17, 15) is 14.9 Å². The number of hydrogen-bond acceptors (Lipinski definition) is 6. The minimum absolute atomic E-state index is 0.128. The van der Waals surface area contributed by atoms with Gasteiger partial charge in [0.15, 0.2) is 11.2 Å². The second-order valence-electron chi connectivity index (χ2n) is 6.25. The number of oxazole rings is 1. The SMILES string of the molecule is Cc1ccc(C(=O)Nc2cc(-c3nc4ncccc4o3)ccc2Cl)cc1[N+](=O)[O-]. The summed E-state index contributed by atoms with van der Waals surface area (Å²) in [7, 11) is 0. The summed E-state index contributed by atoms with van der Waals surface area (Å²) >= 11 is 6.21. The van der Waals surface area contributed by atoms with Crippen molar-refractivity contribution in [1.82, 2.24) is 9.97 Å². The van der Waals surface area contributed by atoms with Crippen molar-refractivity contribution in [3.05, 3.63) is 81.0 Å². The normalized spacial score (nSPS) is 10.8.